The summed E-state index contributed by atoms with van der Waals surface area (Å²) in [5, 5.41) is 10.5. The molecule has 1 unspecified atom stereocenters. The molecule has 18 heavy (non-hydrogen) atoms. The second-order valence-corrected chi connectivity index (χ2v) is 5.10. The Morgan fingerprint density at radius 3 is 2.94 bits per heavy atom. The van der Waals surface area contributed by atoms with Gasteiger partial charge in [-0.25, -0.2) is 9.80 Å². The summed E-state index contributed by atoms with van der Waals surface area (Å²) in [5.41, 5.74) is 5.66. The molecule has 0 saturated carbocycles. The Labute approximate surface area is 109 Å². The fourth-order valence-electron chi connectivity index (χ4n) is 1.99. The predicted octanol–water partition coefficient (Wildman–Crippen LogP) is 1.27. The third-order valence-electron chi connectivity index (χ3n) is 2.99. The van der Waals surface area contributed by atoms with Crippen LogP contribution in [0.3, 0.4) is 0 Å². The summed E-state index contributed by atoms with van der Waals surface area (Å²) >= 11 is 0. The Balaban J connectivity index is 2.53. The van der Waals surface area contributed by atoms with E-state index >= 15 is 0 Å². The van der Waals surface area contributed by atoms with Crippen molar-refractivity contribution < 1.29 is 9.53 Å². The number of carbonyl (C=O) groups is 1. The Morgan fingerprint density at radius 2 is 2.39 bits per heavy atom. The highest BCUT2D eigenvalue weighted by Gasteiger charge is 2.26. The number of amides is 1. The number of rotatable bonds is 5. The predicted molar refractivity (Wildman–Crippen MR) is 70.2 cm³/mol. The van der Waals surface area contributed by atoms with Crippen LogP contribution in [0.2, 0.25) is 0 Å². The molecular formula is C12H24N4O2. The van der Waals surface area contributed by atoms with E-state index in [1.165, 1.54) is 5.01 Å². The van der Waals surface area contributed by atoms with Gasteiger partial charge in [0.15, 0.2) is 0 Å². The van der Waals surface area contributed by atoms with Crippen LogP contribution < -0.4 is 5.73 Å². The van der Waals surface area contributed by atoms with Crippen LogP contribution in [0.15, 0.2) is 0 Å². The number of nitrogens with one attached hydrogen (secondary N) is 1. The molecule has 6 heteroatoms. The molecule has 0 aromatic rings. The van der Waals surface area contributed by atoms with E-state index in [4.69, 9.17) is 15.9 Å². The average molecular weight is 256 g/mol. The lowest BCUT2D eigenvalue weighted by atomic mass is 9.99. The lowest BCUT2D eigenvalue weighted by Crippen LogP contribution is -2.51. The van der Waals surface area contributed by atoms with E-state index in [-0.39, 0.29) is 0 Å². The molecule has 1 aliphatic rings. The van der Waals surface area contributed by atoms with Gasteiger partial charge in [0.05, 0.1) is 6.61 Å². The van der Waals surface area contributed by atoms with Crippen molar-refractivity contribution in [1.29, 1.82) is 5.41 Å². The molecule has 104 valence electrons. The average Bonchev–Trinajstić information content (AvgIpc) is 2.37. The van der Waals surface area contributed by atoms with Crippen LogP contribution in [0.25, 0.3) is 0 Å². The second kappa shape index (κ2) is 7.33. The molecule has 1 heterocycles. The van der Waals surface area contributed by atoms with E-state index < -0.39 is 6.09 Å². The van der Waals surface area contributed by atoms with Gasteiger partial charge in [-0.2, -0.15) is 5.01 Å². The highest BCUT2D eigenvalue weighted by Crippen LogP contribution is 2.17. The van der Waals surface area contributed by atoms with Crippen LogP contribution in [0, 0.1) is 17.2 Å². The van der Waals surface area contributed by atoms with E-state index in [0.29, 0.717) is 31.5 Å². The molecule has 1 saturated heterocycles. The van der Waals surface area contributed by atoms with Crippen LogP contribution in [0.4, 0.5) is 4.79 Å². The molecule has 1 atom stereocenters. The summed E-state index contributed by atoms with van der Waals surface area (Å²) in [5.74, 6) is 0.679. The lowest BCUT2D eigenvalue weighted by Gasteiger charge is -2.36. The monoisotopic (exact) mass is 256 g/mol. The summed E-state index contributed by atoms with van der Waals surface area (Å²) in [7, 11) is 0. The van der Waals surface area contributed by atoms with Crippen molar-refractivity contribution in [3.05, 3.63) is 0 Å². The third kappa shape index (κ3) is 4.27. The molecule has 3 N–H and O–H groups in total. The van der Waals surface area contributed by atoms with Gasteiger partial charge in [0, 0.05) is 13.1 Å². The van der Waals surface area contributed by atoms with Crippen LogP contribution in [-0.4, -0.2) is 48.7 Å². The van der Waals surface area contributed by atoms with Crippen molar-refractivity contribution in [3.8, 4) is 0 Å². The van der Waals surface area contributed by atoms with Gasteiger partial charge in [-0.15, -0.1) is 0 Å². The molecule has 0 spiro atoms. The van der Waals surface area contributed by atoms with E-state index in [1.807, 2.05) is 18.9 Å². The Hall–Kier alpha value is -1.14. The number of nitrogens with two attached hydrogens (primary N) is 1. The van der Waals surface area contributed by atoms with Crippen LogP contribution in [0.1, 0.15) is 26.7 Å². The molecule has 1 fully saturated rings. The first-order valence-corrected chi connectivity index (χ1v) is 6.50. The fourth-order valence-corrected chi connectivity index (χ4v) is 1.99. The fraction of sp³-hybridized carbons (Fsp3) is 0.833. The number of hydrogen-bond donors (Lipinski definition) is 2. The molecule has 0 radical (unpaired) electrons. The number of piperidine rings is 1. The van der Waals surface area contributed by atoms with Crippen LogP contribution >= 0.6 is 0 Å². The maximum Gasteiger partial charge on any atom is 0.430 e. The number of nitrogens with zero attached hydrogens (tertiary/aromatic N) is 2. The maximum atomic E-state index is 11.9. The van der Waals surface area contributed by atoms with E-state index in [1.54, 1.807) is 0 Å². The Bertz CT molecular complexity index is 283. The molecule has 1 rings (SSSR count). The summed E-state index contributed by atoms with van der Waals surface area (Å²) < 4.78 is 5.14. The first kappa shape index (κ1) is 14.9. The molecule has 0 bridgehead atoms. The molecular weight excluding hydrogens is 232 g/mol. The lowest BCUT2D eigenvalue weighted by molar-refractivity contribution is -0.000136. The van der Waals surface area contributed by atoms with Crippen LogP contribution in [-0.2, 0) is 4.74 Å². The van der Waals surface area contributed by atoms with E-state index in [0.717, 1.165) is 25.7 Å². The molecule has 0 aromatic carbocycles. The summed E-state index contributed by atoms with van der Waals surface area (Å²) in [6.07, 6.45) is 2.61. The third-order valence-corrected chi connectivity index (χ3v) is 2.99. The van der Waals surface area contributed by atoms with E-state index in [9.17, 15) is 4.79 Å². The van der Waals surface area contributed by atoms with Gasteiger partial charge in [0.2, 0.25) is 0 Å². The summed E-state index contributed by atoms with van der Waals surface area (Å²) in [6.45, 7) is 6.42. The van der Waals surface area contributed by atoms with Crippen molar-refractivity contribution in [2.75, 3.05) is 26.2 Å². The highest BCUT2D eigenvalue weighted by atomic mass is 16.6. The first-order valence-electron chi connectivity index (χ1n) is 6.50. The van der Waals surface area contributed by atoms with Crippen molar-refractivity contribution in [2.24, 2.45) is 17.6 Å². The van der Waals surface area contributed by atoms with Gasteiger partial charge >= 0.3 is 6.09 Å². The largest absolute Gasteiger partial charge is 0.448 e. The van der Waals surface area contributed by atoms with Gasteiger partial charge in [-0.3, -0.25) is 5.41 Å². The van der Waals surface area contributed by atoms with Crippen LogP contribution in [0.5, 0.6) is 0 Å². The van der Waals surface area contributed by atoms with Crippen molar-refractivity contribution in [3.63, 3.8) is 0 Å². The zero-order chi connectivity index (χ0) is 13.5. The van der Waals surface area contributed by atoms with Gasteiger partial charge < -0.3 is 10.5 Å². The molecule has 0 aliphatic carbocycles. The number of carbonyl (C=O) groups excluding carboxylic acids is 1. The minimum Gasteiger partial charge on any atom is -0.448 e. The van der Waals surface area contributed by atoms with E-state index in [2.05, 4.69) is 0 Å². The molecule has 6 nitrogen and oxygen atoms in total. The summed E-state index contributed by atoms with van der Waals surface area (Å²) in [4.78, 5) is 11.9. The zero-order valence-electron chi connectivity index (χ0n) is 11.3. The van der Waals surface area contributed by atoms with Gasteiger partial charge in [0.25, 0.3) is 0 Å². The first-order chi connectivity index (χ1) is 8.58. The molecule has 1 aliphatic heterocycles. The topological polar surface area (TPSA) is 82.7 Å². The Kier molecular flexibility index (Phi) is 6.07. The standard InChI is InChI=1S/C12H24N4O2/c1-10(2)8-18-12(17)16(9-14)15-5-3-4-11(6-13)7-15/h9-11,14H,3-8,13H2,1-2H3. The number of ether oxygens (including phenoxy) is 1. The maximum absolute atomic E-state index is 11.9. The van der Waals surface area contributed by atoms with Gasteiger partial charge in [0.1, 0.15) is 6.34 Å². The minimum atomic E-state index is -0.476. The highest BCUT2D eigenvalue weighted by molar-refractivity contribution is 5.80. The smallest absolute Gasteiger partial charge is 0.430 e. The SMILES string of the molecule is CC(C)COC(=O)N(C=N)N1CCCC(CN)C1. The van der Waals surface area contributed by atoms with Crippen molar-refractivity contribution in [2.45, 2.75) is 26.7 Å². The quantitative estimate of drug-likeness (QED) is 0.573. The summed E-state index contributed by atoms with van der Waals surface area (Å²) in [6, 6.07) is 0. The second-order valence-electron chi connectivity index (χ2n) is 5.10. The van der Waals surface area contributed by atoms with Crippen molar-refractivity contribution >= 4 is 12.4 Å². The van der Waals surface area contributed by atoms with Gasteiger partial charge in [-0.05, 0) is 31.2 Å². The number of hydrogen-bond acceptors (Lipinski definition) is 5. The zero-order valence-corrected chi connectivity index (χ0v) is 11.3. The van der Waals surface area contributed by atoms with Crippen molar-refractivity contribution in [1.82, 2.24) is 10.0 Å². The van der Waals surface area contributed by atoms with Gasteiger partial charge in [-0.1, -0.05) is 13.8 Å². The molecule has 0 aromatic heterocycles. The minimum absolute atomic E-state index is 0.291. The molecule has 1 amide bonds. The number of hydrazine groups is 1. The Morgan fingerprint density at radius 1 is 1.67 bits per heavy atom. The normalized spacial score (nSPS) is 20.8.